The van der Waals surface area contributed by atoms with Crippen molar-refractivity contribution in [1.82, 2.24) is 0 Å². The fourth-order valence-electron chi connectivity index (χ4n) is 3.51. The monoisotopic (exact) mass is 482 g/mol. The van der Waals surface area contributed by atoms with Crippen LogP contribution in [0.15, 0.2) is 82.2 Å². The highest BCUT2D eigenvalue weighted by atomic mass is 35.5. The lowest BCUT2D eigenvalue weighted by Gasteiger charge is -2.18. The maximum atomic E-state index is 13.5. The number of benzene rings is 3. The van der Waals surface area contributed by atoms with E-state index >= 15 is 0 Å². The molecule has 2 amide bonds. The SMILES string of the molecule is CCc1ccccc1NC1=C(Sc2ccc(Cl)cc2)C(=O)N(c2ccc(Cl)cc2C)C1=O. The minimum Gasteiger partial charge on any atom is -0.350 e. The first-order chi connectivity index (χ1) is 15.4. The Balaban J connectivity index is 1.78. The molecule has 1 heterocycles. The smallest absolute Gasteiger partial charge is 0.283 e. The largest absolute Gasteiger partial charge is 0.350 e. The number of aryl methyl sites for hydroxylation is 2. The number of para-hydroxylation sites is 1. The fourth-order valence-corrected chi connectivity index (χ4v) is 4.79. The van der Waals surface area contributed by atoms with Crippen molar-refractivity contribution in [3.8, 4) is 0 Å². The lowest BCUT2D eigenvalue weighted by atomic mass is 10.1. The van der Waals surface area contributed by atoms with Crippen LogP contribution in [0.25, 0.3) is 0 Å². The van der Waals surface area contributed by atoms with Gasteiger partial charge in [0.25, 0.3) is 11.8 Å². The van der Waals surface area contributed by atoms with Crippen LogP contribution < -0.4 is 10.2 Å². The highest BCUT2D eigenvalue weighted by molar-refractivity contribution is 8.04. The molecule has 1 aliphatic rings. The number of anilines is 2. The average molecular weight is 483 g/mol. The van der Waals surface area contributed by atoms with E-state index in [-0.39, 0.29) is 11.6 Å². The second-order valence-electron chi connectivity index (χ2n) is 7.27. The molecule has 0 fully saturated rings. The van der Waals surface area contributed by atoms with Crippen molar-refractivity contribution in [3.05, 3.63) is 98.5 Å². The molecule has 0 aromatic heterocycles. The summed E-state index contributed by atoms with van der Waals surface area (Å²) in [6.45, 7) is 3.87. The Labute approximate surface area is 201 Å². The maximum absolute atomic E-state index is 13.5. The number of hydrogen-bond donors (Lipinski definition) is 1. The molecule has 0 saturated carbocycles. The van der Waals surface area contributed by atoms with Gasteiger partial charge in [-0.1, -0.05) is 60.1 Å². The van der Waals surface area contributed by atoms with Crippen molar-refractivity contribution in [3.63, 3.8) is 0 Å². The summed E-state index contributed by atoms with van der Waals surface area (Å²) in [4.78, 5) is 29.4. The van der Waals surface area contributed by atoms with Crippen LogP contribution in [0.4, 0.5) is 11.4 Å². The number of carbonyl (C=O) groups excluding carboxylic acids is 2. The molecule has 7 heteroatoms. The summed E-state index contributed by atoms with van der Waals surface area (Å²) in [6, 6.07) is 20.0. The summed E-state index contributed by atoms with van der Waals surface area (Å²) in [5.41, 5.74) is 3.36. The zero-order valence-electron chi connectivity index (χ0n) is 17.5. The van der Waals surface area contributed by atoms with Crippen LogP contribution in [-0.2, 0) is 16.0 Å². The van der Waals surface area contributed by atoms with Gasteiger partial charge in [-0.3, -0.25) is 9.59 Å². The molecule has 0 unspecified atom stereocenters. The first kappa shape index (κ1) is 22.5. The van der Waals surface area contributed by atoms with E-state index in [4.69, 9.17) is 23.2 Å². The van der Waals surface area contributed by atoms with E-state index in [9.17, 15) is 9.59 Å². The molecule has 0 aliphatic carbocycles. The van der Waals surface area contributed by atoms with Gasteiger partial charge >= 0.3 is 0 Å². The predicted octanol–water partition coefficient (Wildman–Crippen LogP) is 6.85. The van der Waals surface area contributed by atoms with Crippen molar-refractivity contribution < 1.29 is 9.59 Å². The van der Waals surface area contributed by atoms with Crippen LogP contribution in [0.1, 0.15) is 18.1 Å². The second-order valence-corrected chi connectivity index (χ2v) is 9.23. The van der Waals surface area contributed by atoms with Gasteiger partial charge in [-0.25, -0.2) is 4.90 Å². The molecule has 32 heavy (non-hydrogen) atoms. The Morgan fingerprint density at radius 2 is 1.59 bits per heavy atom. The molecule has 0 atom stereocenters. The lowest BCUT2D eigenvalue weighted by Crippen LogP contribution is -2.33. The minimum atomic E-state index is -0.400. The van der Waals surface area contributed by atoms with E-state index in [0.717, 1.165) is 28.1 Å². The predicted molar refractivity (Wildman–Crippen MR) is 132 cm³/mol. The zero-order chi connectivity index (χ0) is 22.8. The van der Waals surface area contributed by atoms with Gasteiger partial charge in [0.05, 0.1) is 5.69 Å². The third-order valence-corrected chi connectivity index (χ3v) is 6.71. The standard InChI is InChI=1S/C25H20Cl2N2O2S/c1-3-16-6-4-5-7-20(16)28-22-23(32-19-11-8-17(26)9-12-19)25(31)29(24(22)30)21-13-10-18(27)14-15(21)2/h4-14,28H,3H2,1-2H3. The summed E-state index contributed by atoms with van der Waals surface area (Å²) < 4.78 is 0. The number of hydrogen-bond acceptors (Lipinski definition) is 4. The van der Waals surface area contributed by atoms with Gasteiger partial charge in [0.1, 0.15) is 10.6 Å². The van der Waals surface area contributed by atoms with Crippen LogP contribution in [0.2, 0.25) is 10.0 Å². The molecule has 0 radical (unpaired) electrons. The number of nitrogens with zero attached hydrogens (tertiary/aromatic N) is 1. The van der Waals surface area contributed by atoms with E-state index in [1.165, 1.54) is 16.7 Å². The molecular weight excluding hydrogens is 463 g/mol. The number of carbonyl (C=O) groups is 2. The van der Waals surface area contributed by atoms with Crippen molar-refractivity contribution in [2.75, 3.05) is 10.2 Å². The summed E-state index contributed by atoms with van der Waals surface area (Å²) in [6.07, 6.45) is 0.790. The first-order valence-corrected chi connectivity index (χ1v) is 11.6. The Hall–Kier alpha value is -2.73. The quantitative estimate of drug-likeness (QED) is 0.390. The highest BCUT2D eigenvalue weighted by Crippen LogP contribution is 2.39. The van der Waals surface area contributed by atoms with Gasteiger partial charge < -0.3 is 5.32 Å². The molecule has 0 saturated heterocycles. The minimum absolute atomic E-state index is 0.255. The van der Waals surface area contributed by atoms with E-state index in [1.54, 1.807) is 30.3 Å². The molecule has 1 N–H and O–H groups in total. The van der Waals surface area contributed by atoms with E-state index in [0.29, 0.717) is 20.6 Å². The number of nitrogens with one attached hydrogen (secondary N) is 1. The number of amides is 2. The van der Waals surface area contributed by atoms with Crippen LogP contribution in [0, 0.1) is 6.92 Å². The Morgan fingerprint density at radius 1 is 0.906 bits per heavy atom. The van der Waals surface area contributed by atoms with Crippen LogP contribution >= 0.6 is 35.0 Å². The van der Waals surface area contributed by atoms with Gasteiger partial charge in [-0.05, 0) is 73.0 Å². The van der Waals surface area contributed by atoms with Gasteiger partial charge in [-0.2, -0.15) is 0 Å². The zero-order valence-corrected chi connectivity index (χ0v) is 19.8. The molecule has 0 bridgehead atoms. The molecule has 3 aromatic rings. The Kier molecular flexibility index (Phi) is 6.60. The summed E-state index contributed by atoms with van der Waals surface area (Å²) >= 11 is 13.3. The molecule has 0 spiro atoms. The third kappa shape index (κ3) is 4.42. The van der Waals surface area contributed by atoms with Crippen LogP contribution in [0.3, 0.4) is 0 Å². The van der Waals surface area contributed by atoms with Crippen LogP contribution in [0.5, 0.6) is 0 Å². The summed E-state index contributed by atoms with van der Waals surface area (Å²) in [5.74, 6) is -0.778. The van der Waals surface area contributed by atoms with Crippen molar-refractivity contribution in [2.45, 2.75) is 25.2 Å². The highest BCUT2D eigenvalue weighted by Gasteiger charge is 2.41. The molecule has 1 aliphatic heterocycles. The second kappa shape index (κ2) is 9.41. The number of imide groups is 1. The van der Waals surface area contributed by atoms with E-state index in [1.807, 2.05) is 50.2 Å². The normalized spacial score (nSPS) is 13.8. The maximum Gasteiger partial charge on any atom is 0.283 e. The van der Waals surface area contributed by atoms with Gasteiger partial charge in [0.2, 0.25) is 0 Å². The molecule has 3 aromatic carbocycles. The molecule has 4 rings (SSSR count). The number of halogens is 2. The lowest BCUT2D eigenvalue weighted by molar-refractivity contribution is -0.120. The summed E-state index contributed by atoms with van der Waals surface area (Å²) in [7, 11) is 0. The van der Waals surface area contributed by atoms with Gasteiger partial charge in [-0.15, -0.1) is 0 Å². The number of rotatable bonds is 6. The third-order valence-electron chi connectivity index (χ3n) is 5.13. The van der Waals surface area contributed by atoms with E-state index in [2.05, 4.69) is 5.32 Å². The topological polar surface area (TPSA) is 49.4 Å². The van der Waals surface area contributed by atoms with Crippen molar-refractivity contribution >= 4 is 58.2 Å². The van der Waals surface area contributed by atoms with Gasteiger partial charge in [0.15, 0.2) is 0 Å². The van der Waals surface area contributed by atoms with Gasteiger partial charge in [0, 0.05) is 20.6 Å². The van der Waals surface area contributed by atoms with E-state index < -0.39 is 5.91 Å². The summed E-state index contributed by atoms with van der Waals surface area (Å²) in [5, 5.41) is 4.40. The molecular formula is C25H20Cl2N2O2S. The van der Waals surface area contributed by atoms with Crippen molar-refractivity contribution in [2.24, 2.45) is 0 Å². The van der Waals surface area contributed by atoms with Crippen molar-refractivity contribution in [1.29, 1.82) is 0 Å². The average Bonchev–Trinajstić information content (AvgIpc) is 3.00. The fraction of sp³-hybridized carbons (Fsp3) is 0.120. The molecule has 162 valence electrons. The van der Waals surface area contributed by atoms with Crippen LogP contribution in [-0.4, -0.2) is 11.8 Å². The Bertz CT molecular complexity index is 1240. The molecule has 4 nitrogen and oxygen atoms in total. The first-order valence-electron chi connectivity index (χ1n) is 10.1. The Morgan fingerprint density at radius 3 is 2.28 bits per heavy atom. The number of thioether (sulfide) groups is 1.